The van der Waals surface area contributed by atoms with Crippen molar-refractivity contribution in [2.45, 2.75) is 43.5 Å². The number of anilines is 1. The van der Waals surface area contributed by atoms with Gasteiger partial charge in [-0.1, -0.05) is 49.2 Å². The number of aryl methyl sites for hydroxylation is 1. The van der Waals surface area contributed by atoms with Gasteiger partial charge >= 0.3 is 0 Å². The maximum absolute atomic E-state index is 13.9. The van der Waals surface area contributed by atoms with E-state index < -0.39 is 15.8 Å². The Hall–Kier alpha value is -2.67. The van der Waals surface area contributed by atoms with Gasteiger partial charge in [-0.25, -0.2) is 12.8 Å². The van der Waals surface area contributed by atoms with Crippen LogP contribution in [0.2, 0.25) is 0 Å². The molecular formula is C21H22FN3O2S. The van der Waals surface area contributed by atoms with Crippen LogP contribution >= 0.6 is 0 Å². The Labute approximate surface area is 164 Å². The van der Waals surface area contributed by atoms with Crippen LogP contribution < -0.4 is 4.72 Å². The maximum Gasteiger partial charge on any atom is 0.265 e. The molecule has 0 unspecified atom stereocenters. The minimum Gasteiger partial charge on any atom is -0.279 e. The number of nitrogens with zero attached hydrogens (tertiary/aromatic N) is 2. The summed E-state index contributed by atoms with van der Waals surface area (Å²) in [5.74, 6) is -0.454. The normalized spacial score (nSPS) is 15.1. The second kappa shape index (κ2) is 7.39. The van der Waals surface area contributed by atoms with Crippen molar-refractivity contribution in [2.24, 2.45) is 0 Å². The van der Waals surface area contributed by atoms with E-state index >= 15 is 0 Å². The van der Waals surface area contributed by atoms with E-state index in [4.69, 9.17) is 0 Å². The quantitative estimate of drug-likeness (QED) is 0.663. The van der Waals surface area contributed by atoms with Crippen LogP contribution in [0.25, 0.3) is 11.3 Å². The second-order valence-corrected chi connectivity index (χ2v) is 8.85. The maximum atomic E-state index is 13.9. The van der Waals surface area contributed by atoms with Crippen LogP contribution in [0.4, 0.5) is 10.1 Å². The van der Waals surface area contributed by atoms with Gasteiger partial charge < -0.3 is 0 Å². The van der Waals surface area contributed by atoms with E-state index in [1.165, 1.54) is 6.07 Å². The Morgan fingerprint density at radius 1 is 1.11 bits per heavy atom. The first-order valence-corrected chi connectivity index (χ1v) is 10.9. The Kier molecular flexibility index (Phi) is 4.93. The Balaban J connectivity index is 1.76. The molecule has 2 aromatic carbocycles. The fraction of sp³-hybridized carbons (Fsp3) is 0.286. The molecule has 4 rings (SSSR count). The van der Waals surface area contributed by atoms with Crippen molar-refractivity contribution < 1.29 is 12.8 Å². The van der Waals surface area contributed by atoms with Gasteiger partial charge in [0, 0.05) is 11.8 Å². The smallest absolute Gasteiger partial charge is 0.265 e. The summed E-state index contributed by atoms with van der Waals surface area (Å²) in [5.41, 5.74) is 1.79. The third kappa shape index (κ3) is 3.67. The average Bonchev–Trinajstić information content (AvgIpc) is 3.35. The van der Waals surface area contributed by atoms with Crippen molar-refractivity contribution in [2.75, 3.05) is 4.72 Å². The molecule has 5 nitrogen and oxygen atoms in total. The van der Waals surface area contributed by atoms with Gasteiger partial charge in [-0.2, -0.15) is 5.10 Å². The van der Waals surface area contributed by atoms with E-state index in [0.29, 0.717) is 11.3 Å². The molecule has 0 saturated heterocycles. The molecule has 0 atom stereocenters. The van der Waals surface area contributed by atoms with E-state index in [0.717, 1.165) is 31.2 Å². The molecular weight excluding hydrogens is 377 g/mol. The Morgan fingerprint density at radius 2 is 1.82 bits per heavy atom. The predicted molar refractivity (Wildman–Crippen MR) is 107 cm³/mol. The number of aromatic nitrogens is 2. The molecule has 1 fully saturated rings. The molecule has 146 valence electrons. The minimum absolute atomic E-state index is 0.103. The standard InChI is InChI=1S/C21H22FN3O2S/c1-15-11-12-17(13-19(15)22)24-28(26,27)20-14-25(18-9-5-6-10-18)23-21(20)16-7-3-2-4-8-16/h2-4,7-8,11-14,18,24H,5-6,9-10H2,1H3. The molecule has 0 radical (unpaired) electrons. The molecule has 0 aliphatic heterocycles. The zero-order chi connectivity index (χ0) is 19.7. The molecule has 0 bridgehead atoms. The number of hydrogen-bond acceptors (Lipinski definition) is 3. The summed E-state index contributed by atoms with van der Waals surface area (Å²) in [7, 11) is -3.93. The molecule has 28 heavy (non-hydrogen) atoms. The monoisotopic (exact) mass is 399 g/mol. The van der Waals surface area contributed by atoms with Crippen molar-refractivity contribution in [3.8, 4) is 11.3 Å². The van der Waals surface area contributed by atoms with E-state index in [1.54, 1.807) is 29.9 Å². The van der Waals surface area contributed by atoms with Crippen LogP contribution in [-0.4, -0.2) is 18.2 Å². The summed E-state index contributed by atoms with van der Waals surface area (Å²) in [5, 5.41) is 4.63. The van der Waals surface area contributed by atoms with Gasteiger partial charge in [-0.15, -0.1) is 0 Å². The molecule has 3 aromatic rings. The van der Waals surface area contributed by atoms with Crippen LogP contribution in [0.15, 0.2) is 59.6 Å². The number of nitrogens with one attached hydrogen (secondary N) is 1. The first-order chi connectivity index (χ1) is 13.4. The van der Waals surface area contributed by atoms with Crippen LogP contribution in [0.3, 0.4) is 0 Å². The van der Waals surface area contributed by atoms with Crippen molar-refractivity contribution in [1.29, 1.82) is 0 Å². The van der Waals surface area contributed by atoms with E-state index in [1.807, 2.05) is 30.3 Å². The van der Waals surface area contributed by atoms with Gasteiger partial charge in [-0.3, -0.25) is 9.40 Å². The average molecular weight is 399 g/mol. The SMILES string of the molecule is Cc1ccc(NS(=O)(=O)c2cn(C3CCCC3)nc2-c2ccccc2)cc1F. The third-order valence-electron chi connectivity index (χ3n) is 5.16. The number of sulfonamides is 1. The lowest BCUT2D eigenvalue weighted by atomic mass is 10.2. The molecule has 1 aromatic heterocycles. The van der Waals surface area contributed by atoms with Crippen molar-refractivity contribution in [3.05, 3.63) is 66.1 Å². The van der Waals surface area contributed by atoms with Gasteiger partial charge in [0.05, 0.1) is 11.7 Å². The molecule has 7 heteroatoms. The van der Waals surface area contributed by atoms with Crippen LogP contribution in [0.5, 0.6) is 0 Å². The summed E-state index contributed by atoms with van der Waals surface area (Å²) in [6, 6.07) is 13.8. The molecule has 0 spiro atoms. The number of rotatable bonds is 5. The number of halogens is 1. The Morgan fingerprint density at radius 3 is 2.50 bits per heavy atom. The highest BCUT2D eigenvalue weighted by Crippen LogP contribution is 2.34. The van der Waals surface area contributed by atoms with Gasteiger partial charge in [0.15, 0.2) is 0 Å². The highest BCUT2D eigenvalue weighted by atomic mass is 32.2. The highest BCUT2D eigenvalue weighted by Gasteiger charge is 2.27. The largest absolute Gasteiger partial charge is 0.279 e. The third-order valence-corrected chi connectivity index (χ3v) is 6.54. The Bertz CT molecular complexity index is 1090. The summed E-state index contributed by atoms with van der Waals surface area (Å²) >= 11 is 0. The summed E-state index contributed by atoms with van der Waals surface area (Å²) < 4.78 is 44.4. The molecule has 1 N–H and O–H groups in total. The van der Waals surface area contributed by atoms with Crippen LogP contribution in [0, 0.1) is 12.7 Å². The van der Waals surface area contributed by atoms with Crippen LogP contribution in [-0.2, 0) is 10.0 Å². The molecule has 1 saturated carbocycles. The van der Waals surface area contributed by atoms with E-state index in [-0.39, 0.29) is 16.6 Å². The van der Waals surface area contributed by atoms with Gasteiger partial charge in [0.25, 0.3) is 10.0 Å². The second-order valence-electron chi connectivity index (χ2n) is 7.20. The molecule has 1 aliphatic carbocycles. The zero-order valence-corrected chi connectivity index (χ0v) is 16.4. The highest BCUT2D eigenvalue weighted by molar-refractivity contribution is 7.92. The lowest BCUT2D eigenvalue weighted by Crippen LogP contribution is -2.13. The zero-order valence-electron chi connectivity index (χ0n) is 15.6. The number of hydrogen-bond donors (Lipinski definition) is 1. The fourth-order valence-corrected chi connectivity index (χ4v) is 4.80. The predicted octanol–water partition coefficient (Wildman–Crippen LogP) is 4.91. The minimum atomic E-state index is -3.93. The lowest BCUT2D eigenvalue weighted by Gasteiger charge is -2.09. The summed E-state index contributed by atoms with van der Waals surface area (Å²) in [6.07, 6.45) is 5.82. The van der Waals surface area contributed by atoms with Crippen LogP contribution in [0.1, 0.15) is 37.3 Å². The summed E-state index contributed by atoms with van der Waals surface area (Å²) in [6.45, 7) is 1.63. The van der Waals surface area contributed by atoms with Crippen molar-refractivity contribution in [3.63, 3.8) is 0 Å². The fourth-order valence-electron chi connectivity index (χ4n) is 3.59. The first-order valence-electron chi connectivity index (χ1n) is 9.37. The molecule has 0 amide bonds. The van der Waals surface area contributed by atoms with Crippen molar-refractivity contribution >= 4 is 15.7 Å². The molecule has 1 heterocycles. The number of benzene rings is 2. The topological polar surface area (TPSA) is 64.0 Å². The van der Waals surface area contributed by atoms with E-state index in [9.17, 15) is 12.8 Å². The summed E-state index contributed by atoms with van der Waals surface area (Å²) in [4.78, 5) is 0.103. The van der Waals surface area contributed by atoms with Gasteiger partial charge in [0.1, 0.15) is 16.4 Å². The van der Waals surface area contributed by atoms with Gasteiger partial charge in [0.2, 0.25) is 0 Å². The molecule has 1 aliphatic rings. The lowest BCUT2D eigenvalue weighted by molar-refractivity contribution is 0.467. The van der Waals surface area contributed by atoms with E-state index in [2.05, 4.69) is 9.82 Å². The van der Waals surface area contributed by atoms with Gasteiger partial charge in [-0.05, 0) is 37.5 Å². The first kappa shape index (κ1) is 18.7. The van der Waals surface area contributed by atoms with Crippen molar-refractivity contribution in [1.82, 2.24) is 9.78 Å².